The topological polar surface area (TPSA) is 29.5 Å². The summed E-state index contributed by atoms with van der Waals surface area (Å²) in [6.45, 7) is 1.55. The third kappa shape index (κ3) is 3.44. The van der Waals surface area contributed by atoms with Crippen molar-refractivity contribution in [3.8, 4) is 0 Å². The third-order valence-corrected chi connectivity index (χ3v) is 2.61. The SMILES string of the molecule is COCCC(C)(O)c1ccccc1C(F)(F)F. The van der Waals surface area contributed by atoms with Gasteiger partial charge in [-0.1, -0.05) is 18.2 Å². The fraction of sp³-hybridized carbons (Fsp3) is 0.500. The molecule has 0 aliphatic carbocycles. The molecule has 1 aromatic carbocycles. The minimum absolute atomic E-state index is 0.108. The average molecular weight is 248 g/mol. The van der Waals surface area contributed by atoms with E-state index in [1.54, 1.807) is 0 Å². The van der Waals surface area contributed by atoms with Crippen molar-refractivity contribution in [2.75, 3.05) is 13.7 Å². The number of alkyl halides is 3. The molecule has 0 heterocycles. The molecular weight excluding hydrogens is 233 g/mol. The monoisotopic (exact) mass is 248 g/mol. The second-order valence-electron chi connectivity index (χ2n) is 4.06. The van der Waals surface area contributed by atoms with Gasteiger partial charge in [-0.05, 0) is 18.6 Å². The highest BCUT2D eigenvalue weighted by atomic mass is 19.4. The van der Waals surface area contributed by atoms with E-state index in [2.05, 4.69) is 0 Å². The van der Waals surface area contributed by atoms with E-state index in [0.717, 1.165) is 6.07 Å². The second-order valence-corrected chi connectivity index (χ2v) is 4.06. The van der Waals surface area contributed by atoms with Crippen LogP contribution in [0.3, 0.4) is 0 Å². The molecular formula is C12H15F3O2. The standard InChI is InChI=1S/C12H15F3O2/c1-11(16,7-8-17-2)9-5-3-4-6-10(9)12(13,14)15/h3-6,16H,7-8H2,1-2H3. The number of hydrogen-bond acceptors (Lipinski definition) is 2. The number of halogens is 3. The normalized spacial score (nSPS) is 15.6. The van der Waals surface area contributed by atoms with Crippen molar-refractivity contribution in [1.82, 2.24) is 0 Å². The summed E-state index contributed by atoms with van der Waals surface area (Å²) in [5.41, 5.74) is -2.48. The van der Waals surface area contributed by atoms with Crippen LogP contribution >= 0.6 is 0 Å². The van der Waals surface area contributed by atoms with Gasteiger partial charge < -0.3 is 9.84 Å². The molecule has 0 spiro atoms. The van der Waals surface area contributed by atoms with Crippen LogP contribution in [-0.2, 0) is 16.5 Å². The molecule has 0 saturated heterocycles. The number of benzene rings is 1. The van der Waals surface area contributed by atoms with Gasteiger partial charge in [0.2, 0.25) is 0 Å². The van der Waals surface area contributed by atoms with E-state index in [4.69, 9.17) is 4.74 Å². The Morgan fingerprint density at radius 1 is 1.18 bits per heavy atom. The van der Waals surface area contributed by atoms with Crippen LogP contribution in [-0.4, -0.2) is 18.8 Å². The first kappa shape index (κ1) is 14.0. The fourth-order valence-electron chi connectivity index (χ4n) is 1.64. The summed E-state index contributed by atoms with van der Waals surface area (Å²) >= 11 is 0. The van der Waals surface area contributed by atoms with Gasteiger partial charge in [-0.2, -0.15) is 13.2 Å². The van der Waals surface area contributed by atoms with Gasteiger partial charge in [-0.3, -0.25) is 0 Å². The van der Waals surface area contributed by atoms with Crippen molar-refractivity contribution in [3.05, 3.63) is 35.4 Å². The summed E-state index contributed by atoms with van der Waals surface area (Å²) in [4.78, 5) is 0. The molecule has 1 aromatic rings. The van der Waals surface area contributed by atoms with E-state index in [1.165, 1.54) is 32.2 Å². The minimum Gasteiger partial charge on any atom is -0.385 e. The van der Waals surface area contributed by atoms with Gasteiger partial charge in [0.1, 0.15) is 0 Å². The Bertz CT molecular complexity index is 372. The Balaban J connectivity index is 3.13. The highest BCUT2D eigenvalue weighted by Crippen LogP contribution is 2.37. The first-order chi connectivity index (χ1) is 7.79. The summed E-state index contributed by atoms with van der Waals surface area (Å²) in [5, 5.41) is 10.1. The zero-order valence-electron chi connectivity index (χ0n) is 9.71. The third-order valence-electron chi connectivity index (χ3n) is 2.61. The molecule has 0 aliphatic heterocycles. The van der Waals surface area contributed by atoms with Crippen LogP contribution < -0.4 is 0 Å². The Hall–Kier alpha value is -1.07. The Labute approximate surface area is 98.0 Å². The van der Waals surface area contributed by atoms with Crippen molar-refractivity contribution >= 4 is 0 Å². The number of rotatable bonds is 4. The van der Waals surface area contributed by atoms with E-state index >= 15 is 0 Å². The zero-order valence-corrected chi connectivity index (χ0v) is 9.71. The van der Waals surface area contributed by atoms with Gasteiger partial charge in [0.15, 0.2) is 0 Å². The first-order valence-corrected chi connectivity index (χ1v) is 5.17. The molecule has 0 saturated carbocycles. The Morgan fingerprint density at radius 3 is 2.18 bits per heavy atom. The van der Waals surface area contributed by atoms with Gasteiger partial charge in [-0.25, -0.2) is 0 Å². The van der Waals surface area contributed by atoms with Gasteiger partial charge in [-0.15, -0.1) is 0 Å². The van der Waals surface area contributed by atoms with Gasteiger partial charge in [0, 0.05) is 20.1 Å². The maximum Gasteiger partial charge on any atom is 0.416 e. The summed E-state index contributed by atoms with van der Waals surface area (Å²) < 4.78 is 43.1. The molecule has 1 atom stereocenters. The molecule has 0 fully saturated rings. The molecule has 0 aliphatic rings. The molecule has 1 N–H and O–H groups in total. The predicted molar refractivity (Wildman–Crippen MR) is 57.5 cm³/mol. The molecule has 0 aromatic heterocycles. The average Bonchev–Trinajstić information content (AvgIpc) is 2.25. The van der Waals surface area contributed by atoms with Crippen LogP contribution in [0.15, 0.2) is 24.3 Å². The maximum atomic E-state index is 12.8. The zero-order chi connectivity index (χ0) is 13.1. The maximum absolute atomic E-state index is 12.8. The predicted octanol–water partition coefficient (Wildman–Crippen LogP) is 2.95. The Kier molecular flexibility index (Phi) is 4.16. The lowest BCUT2D eigenvalue weighted by Crippen LogP contribution is -2.27. The van der Waals surface area contributed by atoms with E-state index in [-0.39, 0.29) is 18.6 Å². The van der Waals surface area contributed by atoms with Crippen LogP contribution in [0.2, 0.25) is 0 Å². The lowest BCUT2D eigenvalue weighted by atomic mass is 9.88. The Morgan fingerprint density at radius 2 is 1.71 bits per heavy atom. The molecule has 0 bridgehead atoms. The number of methoxy groups -OCH3 is 1. The quantitative estimate of drug-likeness (QED) is 0.887. The molecule has 5 heteroatoms. The summed E-state index contributed by atoms with van der Waals surface area (Å²) in [6, 6.07) is 5.04. The second kappa shape index (κ2) is 5.06. The first-order valence-electron chi connectivity index (χ1n) is 5.17. The van der Waals surface area contributed by atoms with Crippen LogP contribution in [0.5, 0.6) is 0 Å². The van der Waals surface area contributed by atoms with Gasteiger partial charge >= 0.3 is 6.18 Å². The fourth-order valence-corrected chi connectivity index (χ4v) is 1.64. The van der Waals surface area contributed by atoms with Crippen LogP contribution in [0.4, 0.5) is 13.2 Å². The number of ether oxygens (including phenoxy) is 1. The molecule has 2 nitrogen and oxygen atoms in total. The van der Waals surface area contributed by atoms with Gasteiger partial charge in [0.05, 0.1) is 11.2 Å². The van der Waals surface area contributed by atoms with Crippen molar-refractivity contribution in [3.63, 3.8) is 0 Å². The summed E-state index contributed by atoms with van der Waals surface area (Å²) in [7, 11) is 1.44. The van der Waals surface area contributed by atoms with Crippen LogP contribution in [0.25, 0.3) is 0 Å². The van der Waals surface area contributed by atoms with E-state index in [0.29, 0.717) is 0 Å². The molecule has 96 valence electrons. The van der Waals surface area contributed by atoms with Crippen molar-refractivity contribution in [2.24, 2.45) is 0 Å². The number of aliphatic hydroxyl groups is 1. The lowest BCUT2D eigenvalue weighted by molar-refractivity contribution is -0.140. The minimum atomic E-state index is -4.46. The van der Waals surface area contributed by atoms with Crippen molar-refractivity contribution < 1.29 is 23.0 Å². The molecule has 17 heavy (non-hydrogen) atoms. The number of hydrogen-bond donors (Lipinski definition) is 1. The van der Waals surface area contributed by atoms with Crippen LogP contribution in [0, 0.1) is 0 Å². The van der Waals surface area contributed by atoms with Crippen molar-refractivity contribution in [1.29, 1.82) is 0 Å². The largest absolute Gasteiger partial charge is 0.416 e. The van der Waals surface area contributed by atoms with E-state index in [9.17, 15) is 18.3 Å². The smallest absolute Gasteiger partial charge is 0.385 e. The highest BCUT2D eigenvalue weighted by Gasteiger charge is 2.38. The van der Waals surface area contributed by atoms with E-state index in [1.807, 2.05) is 0 Å². The van der Waals surface area contributed by atoms with E-state index < -0.39 is 17.3 Å². The summed E-state index contributed by atoms with van der Waals surface area (Å²) in [6.07, 6.45) is -4.36. The summed E-state index contributed by atoms with van der Waals surface area (Å²) in [5.74, 6) is 0. The van der Waals surface area contributed by atoms with Gasteiger partial charge in [0.25, 0.3) is 0 Å². The highest BCUT2D eigenvalue weighted by molar-refractivity contribution is 5.34. The molecule has 0 amide bonds. The molecule has 1 unspecified atom stereocenters. The molecule has 1 rings (SSSR count). The molecule has 0 radical (unpaired) electrons. The lowest BCUT2D eigenvalue weighted by Gasteiger charge is -2.26. The van der Waals surface area contributed by atoms with Crippen LogP contribution in [0.1, 0.15) is 24.5 Å². The van der Waals surface area contributed by atoms with Crippen molar-refractivity contribution in [2.45, 2.75) is 25.1 Å².